The summed E-state index contributed by atoms with van der Waals surface area (Å²) in [6.07, 6.45) is 1.46. The molecule has 1 amide bonds. The average Bonchev–Trinajstić information content (AvgIpc) is 2.46. The molecule has 0 unspecified atom stereocenters. The van der Waals surface area contributed by atoms with Gasteiger partial charge in [-0.25, -0.2) is 0 Å². The molecule has 1 aliphatic heterocycles. The van der Waals surface area contributed by atoms with Crippen molar-refractivity contribution in [1.29, 1.82) is 0 Å². The van der Waals surface area contributed by atoms with E-state index in [0.29, 0.717) is 18.9 Å². The van der Waals surface area contributed by atoms with Crippen molar-refractivity contribution in [3.05, 3.63) is 33.9 Å². The zero-order valence-electron chi connectivity index (χ0n) is 12.1. The van der Waals surface area contributed by atoms with Gasteiger partial charge in [-0.15, -0.1) is 0 Å². The molecule has 0 bridgehead atoms. The summed E-state index contributed by atoms with van der Waals surface area (Å²) in [5.41, 5.74) is 0.232. The Hall–Kier alpha value is -2.15. The van der Waals surface area contributed by atoms with Crippen LogP contribution in [0.5, 0.6) is 0 Å². The van der Waals surface area contributed by atoms with Gasteiger partial charge in [0.05, 0.1) is 4.92 Å². The third-order valence-electron chi connectivity index (χ3n) is 3.74. The second-order valence-electron chi connectivity index (χ2n) is 5.37. The number of ether oxygens (including phenoxy) is 1. The minimum atomic E-state index is -0.501. The van der Waals surface area contributed by atoms with E-state index in [9.17, 15) is 14.9 Å². The maximum Gasteiger partial charge on any atom is 0.293 e. The van der Waals surface area contributed by atoms with Crippen LogP contribution in [-0.4, -0.2) is 36.6 Å². The highest BCUT2D eigenvalue weighted by molar-refractivity contribution is 5.96. The maximum atomic E-state index is 12.3. The first kappa shape index (κ1) is 15.2. The lowest BCUT2D eigenvalue weighted by atomic mass is 9.92. The average molecular weight is 293 g/mol. The molecule has 21 heavy (non-hydrogen) atoms. The molecule has 0 saturated carbocycles. The molecule has 2 rings (SSSR count). The predicted octanol–water partition coefficient (Wildman–Crippen LogP) is 1.94. The minimum Gasteiger partial charge on any atom is -0.383 e. The lowest BCUT2D eigenvalue weighted by Gasteiger charge is -2.34. The lowest BCUT2D eigenvalue weighted by Crippen LogP contribution is -2.49. The van der Waals surface area contributed by atoms with Crippen molar-refractivity contribution in [1.82, 2.24) is 5.32 Å². The monoisotopic (exact) mass is 293 g/mol. The molecule has 1 fully saturated rings. The van der Waals surface area contributed by atoms with Gasteiger partial charge in [-0.3, -0.25) is 14.9 Å². The Morgan fingerprint density at radius 2 is 2.05 bits per heavy atom. The third-order valence-corrected chi connectivity index (χ3v) is 3.74. The molecule has 7 nitrogen and oxygen atoms in total. The van der Waals surface area contributed by atoms with Crippen LogP contribution in [0.25, 0.3) is 0 Å². The van der Waals surface area contributed by atoms with Crippen LogP contribution in [0.1, 0.15) is 30.1 Å². The molecule has 1 aromatic carbocycles. The Labute approximate surface area is 122 Å². The summed E-state index contributed by atoms with van der Waals surface area (Å²) in [5, 5.41) is 16.7. The molecule has 1 heterocycles. The minimum absolute atomic E-state index is 0.109. The SMILES string of the molecule is CNc1ccc(C(=O)NC2(C)CCOCC2)cc1[N+](=O)[O-]. The molecule has 2 N–H and O–H groups in total. The fraction of sp³-hybridized carbons (Fsp3) is 0.500. The summed E-state index contributed by atoms with van der Waals surface area (Å²) >= 11 is 0. The highest BCUT2D eigenvalue weighted by Gasteiger charge is 2.29. The number of rotatable bonds is 4. The number of carbonyl (C=O) groups excluding carboxylic acids is 1. The topological polar surface area (TPSA) is 93.5 Å². The van der Waals surface area contributed by atoms with Crippen molar-refractivity contribution in [3.8, 4) is 0 Å². The van der Waals surface area contributed by atoms with Crippen molar-refractivity contribution in [2.75, 3.05) is 25.6 Å². The van der Waals surface area contributed by atoms with E-state index in [1.54, 1.807) is 19.2 Å². The van der Waals surface area contributed by atoms with E-state index in [1.807, 2.05) is 6.92 Å². The van der Waals surface area contributed by atoms with Crippen LogP contribution in [0.15, 0.2) is 18.2 Å². The lowest BCUT2D eigenvalue weighted by molar-refractivity contribution is -0.384. The standard InChI is InChI=1S/C14H19N3O4/c1-14(5-7-21-8-6-14)16-13(18)10-3-4-11(15-2)12(9-10)17(19)20/h3-4,9,15H,5-8H2,1-2H3,(H,16,18). The van der Waals surface area contributed by atoms with Gasteiger partial charge in [0.25, 0.3) is 11.6 Å². The van der Waals surface area contributed by atoms with Crippen molar-refractivity contribution in [2.45, 2.75) is 25.3 Å². The van der Waals surface area contributed by atoms with Gasteiger partial charge in [0.2, 0.25) is 0 Å². The number of nitro groups is 1. The summed E-state index contributed by atoms with van der Waals surface area (Å²) in [6.45, 7) is 3.18. The molecule has 114 valence electrons. The number of nitrogens with one attached hydrogen (secondary N) is 2. The van der Waals surface area contributed by atoms with Gasteiger partial charge in [-0.05, 0) is 31.9 Å². The summed E-state index contributed by atoms with van der Waals surface area (Å²) < 4.78 is 5.28. The van der Waals surface area contributed by atoms with Gasteiger partial charge in [0.15, 0.2) is 0 Å². The second-order valence-corrected chi connectivity index (χ2v) is 5.37. The first-order valence-electron chi connectivity index (χ1n) is 6.82. The highest BCUT2D eigenvalue weighted by atomic mass is 16.6. The fourth-order valence-electron chi connectivity index (χ4n) is 2.33. The maximum absolute atomic E-state index is 12.3. The van der Waals surface area contributed by atoms with E-state index < -0.39 is 4.92 Å². The van der Waals surface area contributed by atoms with E-state index in [4.69, 9.17) is 4.74 Å². The van der Waals surface area contributed by atoms with Crippen molar-refractivity contribution >= 4 is 17.3 Å². The first-order chi connectivity index (χ1) is 9.95. The summed E-state index contributed by atoms with van der Waals surface area (Å²) in [4.78, 5) is 22.8. The van der Waals surface area contributed by atoms with Crippen LogP contribution in [-0.2, 0) is 4.74 Å². The number of benzene rings is 1. The van der Waals surface area contributed by atoms with Crippen LogP contribution >= 0.6 is 0 Å². The zero-order valence-corrected chi connectivity index (χ0v) is 12.1. The number of hydrogen-bond donors (Lipinski definition) is 2. The summed E-state index contributed by atoms with van der Waals surface area (Å²) in [7, 11) is 1.60. The molecule has 7 heteroatoms. The summed E-state index contributed by atoms with van der Waals surface area (Å²) in [6, 6.07) is 4.42. The van der Waals surface area contributed by atoms with Crippen LogP contribution in [0, 0.1) is 10.1 Å². The third kappa shape index (κ3) is 3.49. The smallest absolute Gasteiger partial charge is 0.293 e. The Kier molecular flexibility index (Phi) is 4.42. The van der Waals surface area contributed by atoms with Gasteiger partial charge in [-0.2, -0.15) is 0 Å². The van der Waals surface area contributed by atoms with Gasteiger partial charge in [0, 0.05) is 37.4 Å². The molecule has 0 radical (unpaired) electrons. The normalized spacial score (nSPS) is 17.0. The molecular weight excluding hydrogens is 274 g/mol. The number of anilines is 1. The van der Waals surface area contributed by atoms with E-state index in [-0.39, 0.29) is 22.7 Å². The van der Waals surface area contributed by atoms with Gasteiger partial charge < -0.3 is 15.4 Å². The number of carbonyl (C=O) groups is 1. The molecule has 0 aromatic heterocycles. The predicted molar refractivity (Wildman–Crippen MR) is 78.6 cm³/mol. The van der Waals surface area contributed by atoms with Gasteiger partial charge in [0.1, 0.15) is 5.69 Å². The second kappa shape index (κ2) is 6.09. The Morgan fingerprint density at radius 3 is 2.62 bits per heavy atom. The van der Waals surface area contributed by atoms with Gasteiger partial charge in [-0.1, -0.05) is 0 Å². The molecule has 0 aliphatic carbocycles. The fourth-order valence-corrected chi connectivity index (χ4v) is 2.33. The largest absolute Gasteiger partial charge is 0.383 e. The first-order valence-corrected chi connectivity index (χ1v) is 6.82. The van der Waals surface area contributed by atoms with E-state index in [0.717, 1.165) is 12.8 Å². The van der Waals surface area contributed by atoms with Crippen LogP contribution in [0.3, 0.4) is 0 Å². The van der Waals surface area contributed by atoms with E-state index in [1.165, 1.54) is 6.07 Å². The molecule has 1 aromatic rings. The Bertz CT molecular complexity index is 553. The molecular formula is C14H19N3O4. The van der Waals surface area contributed by atoms with E-state index >= 15 is 0 Å². The highest BCUT2D eigenvalue weighted by Crippen LogP contribution is 2.26. The zero-order chi connectivity index (χ0) is 15.5. The molecule has 1 saturated heterocycles. The summed E-state index contributed by atoms with van der Waals surface area (Å²) in [5.74, 6) is -0.301. The quantitative estimate of drug-likeness (QED) is 0.653. The molecule has 1 aliphatic rings. The van der Waals surface area contributed by atoms with Crippen LogP contribution in [0.2, 0.25) is 0 Å². The van der Waals surface area contributed by atoms with Gasteiger partial charge >= 0.3 is 0 Å². The number of hydrogen-bond acceptors (Lipinski definition) is 5. The van der Waals surface area contributed by atoms with Crippen molar-refractivity contribution < 1.29 is 14.5 Å². The Balaban J connectivity index is 2.19. The number of nitrogens with zero attached hydrogens (tertiary/aromatic N) is 1. The molecule has 0 atom stereocenters. The Morgan fingerprint density at radius 1 is 1.38 bits per heavy atom. The van der Waals surface area contributed by atoms with Crippen LogP contribution < -0.4 is 10.6 Å². The number of nitro benzene ring substituents is 1. The molecule has 0 spiro atoms. The van der Waals surface area contributed by atoms with E-state index in [2.05, 4.69) is 10.6 Å². The van der Waals surface area contributed by atoms with Crippen LogP contribution in [0.4, 0.5) is 11.4 Å². The van der Waals surface area contributed by atoms with Crippen molar-refractivity contribution in [2.24, 2.45) is 0 Å². The number of amides is 1. The van der Waals surface area contributed by atoms with Crippen molar-refractivity contribution in [3.63, 3.8) is 0 Å².